The first-order valence-corrected chi connectivity index (χ1v) is 8.43. The van der Waals surface area contributed by atoms with Crippen LogP contribution in [0.4, 0.5) is 4.39 Å². The van der Waals surface area contributed by atoms with Crippen LogP contribution in [0.1, 0.15) is 38.1 Å². The maximum Gasteiger partial charge on any atom is 0.251 e. The molecule has 2 aromatic carbocycles. The molecule has 0 spiro atoms. The molecule has 1 atom stereocenters. The van der Waals surface area contributed by atoms with Gasteiger partial charge in [0.25, 0.3) is 5.91 Å². The predicted octanol–water partition coefficient (Wildman–Crippen LogP) is 5.14. The van der Waals surface area contributed by atoms with Gasteiger partial charge in [0.15, 0.2) is 0 Å². The van der Waals surface area contributed by atoms with Crippen LogP contribution in [0, 0.1) is 11.2 Å². The van der Waals surface area contributed by atoms with Crippen LogP contribution < -0.4 is 5.32 Å². The quantitative estimate of drug-likeness (QED) is 0.682. The van der Waals surface area contributed by atoms with E-state index in [1.165, 1.54) is 12.1 Å². The van der Waals surface area contributed by atoms with Crippen molar-refractivity contribution in [2.75, 3.05) is 0 Å². The fraction of sp³-hybridized carbons (Fsp3) is 0.286. The number of rotatable bonds is 3. The lowest BCUT2D eigenvalue weighted by atomic mass is 9.88. The molecule has 1 amide bonds. The highest BCUT2D eigenvalue weighted by molar-refractivity contribution is 5.97. The lowest BCUT2D eigenvalue weighted by Crippen LogP contribution is -2.41. The molecule has 0 saturated heterocycles. The van der Waals surface area contributed by atoms with Gasteiger partial charge in [-0.2, -0.15) is 0 Å². The molecule has 0 fully saturated rings. The zero-order valence-corrected chi connectivity index (χ0v) is 15.0. The summed E-state index contributed by atoms with van der Waals surface area (Å²) in [6.45, 7) is 8.31. The van der Waals surface area contributed by atoms with Crippen molar-refractivity contribution in [3.05, 3.63) is 60.0 Å². The number of nitrogens with one attached hydrogen (secondary N) is 2. The van der Waals surface area contributed by atoms with Crippen LogP contribution in [0.15, 0.2) is 48.7 Å². The normalized spacial score (nSPS) is 13.0. The van der Waals surface area contributed by atoms with Crippen molar-refractivity contribution in [2.45, 2.75) is 33.7 Å². The van der Waals surface area contributed by atoms with Gasteiger partial charge in [0.1, 0.15) is 5.82 Å². The summed E-state index contributed by atoms with van der Waals surface area (Å²) in [5.74, 6) is -0.337. The van der Waals surface area contributed by atoms with E-state index in [1.807, 2.05) is 37.4 Å². The van der Waals surface area contributed by atoms with Crippen molar-refractivity contribution in [1.82, 2.24) is 10.3 Å². The molecule has 3 rings (SSSR count). The number of benzene rings is 2. The monoisotopic (exact) mass is 338 g/mol. The fourth-order valence-electron chi connectivity index (χ4n) is 2.63. The number of aromatic amines is 1. The van der Waals surface area contributed by atoms with Gasteiger partial charge in [-0.05, 0) is 48.2 Å². The van der Waals surface area contributed by atoms with Crippen molar-refractivity contribution < 1.29 is 9.18 Å². The number of amides is 1. The van der Waals surface area contributed by atoms with Gasteiger partial charge in [-0.3, -0.25) is 4.79 Å². The Kier molecular flexibility index (Phi) is 4.38. The van der Waals surface area contributed by atoms with E-state index in [4.69, 9.17) is 0 Å². The molecule has 25 heavy (non-hydrogen) atoms. The Balaban J connectivity index is 1.83. The summed E-state index contributed by atoms with van der Waals surface area (Å²) in [5.41, 5.74) is 3.37. The van der Waals surface area contributed by atoms with E-state index in [0.29, 0.717) is 5.56 Å². The second-order valence-electron chi connectivity index (χ2n) is 7.53. The summed E-state index contributed by atoms with van der Waals surface area (Å²) in [4.78, 5) is 15.5. The van der Waals surface area contributed by atoms with Gasteiger partial charge in [-0.1, -0.05) is 32.9 Å². The Morgan fingerprint density at radius 2 is 1.80 bits per heavy atom. The highest BCUT2D eigenvalue weighted by atomic mass is 19.1. The van der Waals surface area contributed by atoms with Gasteiger partial charge >= 0.3 is 0 Å². The summed E-state index contributed by atoms with van der Waals surface area (Å²) in [6.07, 6.45) is 1.86. The number of carbonyl (C=O) groups excluding carboxylic acids is 1. The van der Waals surface area contributed by atoms with E-state index in [-0.39, 0.29) is 23.2 Å². The molecule has 2 N–H and O–H groups in total. The SMILES string of the molecule is C[C@H](NC(=O)c1ccc(-c2c[nH]c3cc(F)ccc23)cc1)C(C)(C)C. The molecule has 0 bridgehead atoms. The van der Waals surface area contributed by atoms with Gasteiger partial charge in [0, 0.05) is 34.3 Å². The van der Waals surface area contributed by atoms with Crippen molar-refractivity contribution in [3.63, 3.8) is 0 Å². The van der Waals surface area contributed by atoms with Crippen LogP contribution in [-0.4, -0.2) is 16.9 Å². The first-order chi connectivity index (χ1) is 11.8. The Morgan fingerprint density at radius 3 is 2.44 bits per heavy atom. The van der Waals surface area contributed by atoms with E-state index in [0.717, 1.165) is 22.0 Å². The molecule has 3 aromatic rings. The molecule has 0 saturated carbocycles. The fourth-order valence-corrected chi connectivity index (χ4v) is 2.63. The van der Waals surface area contributed by atoms with Crippen LogP contribution in [0.3, 0.4) is 0 Å². The smallest absolute Gasteiger partial charge is 0.251 e. The number of aromatic nitrogens is 1. The summed E-state index contributed by atoms with van der Waals surface area (Å²) in [5, 5.41) is 4.00. The first-order valence-electron chi connectivity index (χ1n) is 8.43. The lowest BCUT2D eigenvalue weighted by Gasteiger charge is -2.28. The van der Waals surface area contributed by atoms with E-state index >= 15 is 0 Å². The Hall–Kier alpha value is -2.62. The van der Waals surface area contributed by atoms with Crippen LogP contribution in [-0.2, 0) is 0 Å². The summed E-state index contributed by atoms with van der Waals surface area (Å²) >= 11 is 0. The van der Waals surface area contributed by atoms with Gasteiger partial charge in [0.2, 0.25) is 0 Å². The average molecular weight is 338 g/mol. The molecule has 0 unspecified atom stereocenters. The Labute approximate surface area is 147 Å². The standard InChI is InChI=1S/C21H23FN2O/c1-13(21(2,3)4)24-20(25)15-7-5-14(6-8-15)18-12-23-19-11-16(22)9-10-17(18)19/h5-13,23H,1-4H3,(H,24,25)/t13-/m0/s1. The predicted molar refractivity (Wildman–Crippen MR) is 100 cm³/mol. The maximum atomic E-state index is 13.3. The Morgan fingerprint density at radius 1 is 1.12 bits per heavy atom. The second kappa shape index (κ2) is 6.36. The highest BCUT2D eigenvalue weighted by Crippen LogP contribution is 2.29. The average Bonchev–Trinajstić information content (AvgIpc) is 2.97. The van der Waals surface area contributed by atoms with Crippen molar-refractivity contribution in [1.29, 1.82) is 0 Å². The minimum atomic E-state index is -0.263. The van der Waals surface area contributed by atoms with Gasteiger partial charge < -0.3 is 10.3 Å². The largest absolute Gasteiger partial charge is 0.360 e. The summed E-state index contributed by atoms with van der Waals surface area (Å²) < 4.78 is 13.3. The third-order valence-corrected chi connectivity index (χ3v) is 4.75. The number of carbonyl (C=O) groups is 1. The summed E-state index contributed by atoms with van der Waals surface area (Å²) in [7, 11) is 0. The lowest BCUT2D eigenvalue weighted by molar-refractivity contribution is 0.0910. The van der Waals surface area contributed by atoms with Crippen LogP contribution in [0.5, 0.6) is 0 Å². The highest BCUT2D eigenvalue weighted by Gasteiger charge is 2.22. The zero-order chi connectivity index (χ0) is 18.2. The minimum absolute atomic E-state index is 0.00884. The van der Waals surface area contributed by atoms with Crippen molar-refractivity contribution in [3.8, 4) is 11.1 Å². The Bertz CT molecular complexity index is 904. The van der Waals surface area contributed by atoms with Gasteiger partial charge in [-0.15, -0.1) is 0 Å². The third-order valence-electron chi connectivity index (χ3n) is 4.75. The number of H-pyrrole nitrogens is 1. The molecule has 1 aromatic heterocycles. The van der Waals surface area contributed by atoms with Crippen LogP contribution >= 0.6 is 0 Å². The number of halogens is 1. The van der Waals surface area contributed by atoms with Gasteiger partial charge in [-0.25, -0.2) is 4.39 Å². The number of fused-ring (bicyclic) bond motifs is 1. The van der Waals surface area contributed by atoms with E-state index in [2.05, 4.69) is 31.1 Å². The number of hydrogen-bond acceptors (Lipinski definition) is 1. The van der Waals surface area contributed by atoms with Crippen LogP contribution in [0.25, 0.3) is 22.0 Å². The van der Waals surface area contributed by atoms with Crippen LogP contribution in [0.2, 0.25) is 0 Å². The maximum absolute atomic E-state index is 13.3. The van der Waals surface area contributed by atoms with Gasteiger partial charge in [0.05, 0.1) is 0 Å². The van der Waals surface area contributed by atoms with E-state index in [9.17, 15) is 9.18 Å². The number of hydrogen-bond donors (Lipinski definition) is 2. The molecular weight excluding hydrogens is 315 g/mol. The molecule has 4 heteroatoms. The topological polar surface area (TPSA) is 44.9 Å². The first kappa shape index (κ1) is 17.2. The molecule has 1 heterocycles. The van der Waals surface area contributed by atoms with Crippen molar-refractivity contribution in [2.24, 2.45) is 5.41 Å². The molecular formula is C21H23FN2O. The third kappa shape index (κ3) is 3.58. The molecule has 0 aliphatic heterocycles. The zero-order valence-electron chi connectivity index (χ0n) is 15.0. The molecule has 0 aliphatic rings. The molecule has 0 aliphatic carbocycles. The minimum Gasteiger partial charge on any atom is -0.360 e. The van der Waals surface area contributed by atoms with E-state index in [1.54, 1.807) is 6.07 Å². The second-order valence-corrected chi connectivity index (χ2v) is 7.53. The molecule has 3 nitrogen and oxygen atoms in total. The summed E-state index contributed by atoms with van der Waals surface area (Å²) in [6, 6.07) is 12.3. The van der Waals surface area contributed by atoms with E-state index < -0.39 is 0 Å². The molecule has 130 valence electrons. The molecule has 0 radical (unpaired) electrons. The van der Waals surface area contributed by atoms with Crippen molar-refractivity contribution >= 4 is 16.8 Å².